The summed E-state index contributed by atoms with van der Waals surface area (Å²) >= 11 is 0. The van der Waals surface area contributed by atoms with Crippen LogP contribution >= 0.6 is 0 Å². The van der Waals surface area contributed by atoms with Crippen molar-refractivity contribution in [2.24, 2.45) is 9.98 Å². The molecule has 0 atom stereocenters. The quantitative estimate of drug-likeness (QED) is 0.132. The van der Waals surface area contributed by atoms with Crippen LogP contribution in [0.25, 0.3) is 0 Å². The lowest BCUT2D eigenvalue weighted by atomic mass is 10.1. The minimum atomic E-state index is -0.288. The van der Waals surface area contributed by atoms with Crippen molar-refractivity contribution in [3.05, 3.63) is 144 Å². The number of pyridine rings is 2. The summed E-state index contributed by atoms with van der Waals surface area (Å²) in [4.78, 5) is 42.8. The number of nitrogens with one attached hydrogen (secondary N) is 4. The number of aliphatic imine (C=N–C) groups is 2. The second-order valence-corrected chi connectivity index (χ2v) is 9.46. The van der Waals surface area contributed by atoms with E-state index in [1.54, 1.807) is 75.0 Å². The van der Waals surface area contributed by atoms with Gasteiger partial charge in [-0.25, -0.2) is 9.97 Å². The van der Waals surface area contributed by atoms with Crippen molar-refractivity contribution in [1.82, 2.24) is 9.97 Å². The van der Waals surface area contributed by atoms with Crippen LogP contribution < -0.4 is 21.3 Å². The molecule has 0 aliphatic heterocycles. The van der Waals surface area contributed by atoms with Crippen molar-refractivity contribution in [2.45, 2.75) is 0 Å². The monoisotopic (exact) mass is 582 g/mol. The van der Waals surface area contributed by atoms with Crippen LogP contribution in [0.5, 0.6) is 0 Å². The Morgan fingerprint density at radius 1 is 0.477 bits per heavy atom. The highest BCUT2D eigenvalue weighted by Gasteiger charge is 2.12. The summed E-state index contributed by atoms with van der Waals surface area (Å²) in [6.45, 7) is 0. The average molecular weight is 583 g/mol. The van der Waals surface area contributed by atoms with Gasteiger partial charge in [-0.15, -0.1) is 0 Å². The zero-order valence-corrected chi connectivity index (χ0v) is 24.2. The lowest BCUT2D eigenvalue weighted by molar-refractivity contribution is 0.101. The lowest BCUT2D eigenvalue weighted by Gasteiger charge is -2.11. The predicted molar refractivity (Wildman–Crippen MR) is 176 cm³/mol. The van der Waals surface area contributed by atoms with Gasteiger partial charge in [0, 0.05) is 60.1 Å². The van der Waals surface area contributed by atoms with Crippen molar-refractivity contribution >= 4 is 46.5 Å². The maximum atomic E-state index is 12.9. The Labute approximate surface area is 255 Å². The average Bonchev–Trinajstić information content (AvgIpc) is 3.08. The molecular formula is C34H30N8O2. The first-order chi connectivity index (χ1) is 21.5. The van der Waals surface area contributed by atoms with Gasteiger partial charge in [0.2, 0.25) is 0 Å². The number of carbonyl (C=O) groups excluding carboxylic acids is 2. The van der Waals surface area contributed by atoms with Crippen molar-refractivity contribution in [2.75, 3.05) is 35.4 Å². The molecule has 0 unspecified atom stereocenters. The van der Waals surface area contributed by atoms with E-state index < -0.39 is 0 Å². The van der Waals surface area contributed by atoms with Gasteiger partial charge < -0.3 is 21.3 Å². The van der Waals surface area contributed by atoms with Gasteiger partial charge in [-0.2, -0.15) is 0 Å². The highest BCUT2D eigenvalue weighted by Crippen LogP contribution is 2.16. The molecule has 0 aliphatic carbocycles. The number of amidine groups is 2. The van der Waals surface area contributed by atoms with E-state index in [4.69, 9.17) is 0 Å². The van der Waals surface area contributed by atoms with E-state index in [1.807, 2.05) is 60.7 Å². The molecule has 2 aromatic heterocycles. The molecule has 2 amide bonds. The van der Waals surface area contributed by atoms with Crippen LogP contribution in [-0.4, -0.2) is 47.5 Å². The van der Waals surface area contributed by atoms with E-state index in [2.05, 4.69) is 41.2 Å². The number of benzene rings is 3. The maximum Gasteiger partial charge on any atom is 0.255 e. The zero-order valence-electron chi connectivity index (χ0n) is 24.2. The topological polar surface area (TPSA) is 133 Å². The van der Waals surface area contributed by atoms with Crippen LogP contribution in [0.15, 0.2) is 132 Å². The number of nitrogens with zero attached hydrogens (tertiary/aromatic N) is 4. The highest BCUT2D eigenvalue weighted by molar-refractivity contribution is 6.10. The minimum Gasteiger partial charge on any atom is -0.325 e. The summed E-state index contributed by atoms with van der Waals surface area (Å²) in [6, 6.07) is 32.3. The molecule has 10 nitrogen and oxygen atoms in total. The van der Waals surface area contributed by atoms with Crippen molar-refractivity contribution < 1.29 is 9.59 Å². The molecule has 0 spiro atoms. The van der Waals surface area contributed by atoms with Gasteiger partial charge in [0.05, 0.1) is 0 Å². The third-order valence-electron chi connectivity index (χ3n) is 6.51. The summed E-state index contributed by atoms with van der Waals surface area (Å²) in [6.07, 6.45) is 3.40. The van der Waals surface area contributed by atoms with Gasteiger partial charge in [0.1, 0.15) is 23.3 Å². The molecule has 0 saturated heterocycles. The first-order valence-electron chi connectivity index (χ1n) is 13.8. The predicted octanol–water partition coefficient (Wildman–Crippen LogP) is 5.96. The Morgan fingerprint density at radius 3 is 1.16 bits per heavy atom. The SMILES string of the molecule is CN=C(Nc1ccccn1)c1ccc(NC(=O)c2ccc(C(=O)Nc3ccc(C(=NC)Nc4ccccn4)cc3)cc2)cc1. The molecule has 0 fully saturated rings. The van der Waals surface area contributed by atoms with E-state index in [0.29, 0.717) is 45.8 Å². The van der Waals surface area contributed by atoms with Crippen molar-refractivity contribution in [1.29, 1.82) is 0 Å². The minimum absolute atomic E-state index is 0.288. The van der Waals surface area contributed by atoms with Crippen molar-refractivity contribution in [3.63, 3.8) is 0 Å². The molecule has 0 radical (unpaired) electrons. The van der Waals surface area contributed by atoms with Crippen LogP contribution in [0.3, 0.4) is 0 Å². The van der Waals surface area contributed by atoms with E-state index in [9.17, 15) is 9.59 Å². The van der Waals surface area contributed by atoms with Crippen LogP contribution in [0, 0.1) is 0 Å². The van der Waals surface area contributed by atoms with Crippen LogP contribution in [0.1, 0.15) is 31.8 Å². The van der Waals surface area contributed by atoms with Crippen LogP contribution in [-0.2, 0) is 0 Å². The van der Waals surface area contributed by atoms with Gasteiger partial charge >= 0.3 is 0 Å². The molecular weight excluding hydrogens is 552 g/mol. The summed E-state index contributed by atoms with van der Waals surface area (Å²) in [5, 5.41) is 12.1. The highest BCUT2D eigenvalue weighted by atomic mass is 16.2. The number of hydrogen-bond donors (Lipinski definition) is 4. The molecule has 5 aromatic rings. The standard InChI is InChI=1S/C34H30N8O2/c1-35-31(41-29-7-3-5-21-37-29)23-13-17-27(18-14-23)39-33(43)25-9-11-26(12-10-25)34(44)40-28-19-15-24(16-20-28)32(36-2)42-30-8-4-6-22-38-30/h3-22H,1-2H3,(H,39,43)(H,40,44)(H,35,37,41)(H,36,38,42). The smallest absolute Gasteiger partial charge is 0.255 e. The molecule has 10 heteroatoms. The second-order valence-electron chi connectivity index (χ2n) is 9.46. The largest absolute Gasteiger partial charge is 0.325 e. The van der Waals surface area contributed by atoms with Gasteiger partial charge in [-0.1, -0.05) is 12.1 Å². The number of rotatable bonds is 8. The maximum absolute atomic E-state index is 12.9. The second kappa shape index (κ2) is 14.1. The number of carbonyl (C=O) groups is 2. The van der Waals surface area contributed by atoms with Gasteiger partial charge in [0.25, 0.3) is 11.8 Å². The first kappa shape index (κ1) is 29.3. The van der Waals surface area contributed by atoms with Crippen LogP contribution in [0.4, 0.5) is 23.0 Å². The Kier molecular flexibility index (Phi) is 9.43. The molecule has 0 saturated carbocycles. The Bertz CT molecular complexity index is 1640. The molecule has 5 rings (SSSR count). The number of anilines is 4. The van der Waals surface area contributed by atoms with Crippen molar-refractivity contribution in [3.8, 4) is 0 Å². The number of amides is 2. The fraction of sp³-hybridized carbons (Fsp3) is 0.0588. The lowest BCUT2D eigenvalue weighted by Crippen LogP contribution is -2.16. The Balaban J connectivity index is 1.16. The van der Waals surface area contributed by atoms with Crippen LogP contribution in [0.2, 0.25) is 0 Å². The third-order valence-corrected chi connectivity index (χ3v) is 6.51. The molecule has 3 aromatic carbocycles. The van der Waals surface area contributed by atoms with Gasteiger partial charge in [-0.3, -0.25) is 19.6 Å². The number of hydrogen-bond acceptors (Lipinski definition) is 6. The fourth-order valence-corrected chi connectivity index (χ4v) is 4.23. The molecule has 2 heterocycles. The molecule has 0 bridgehead atoms. The molecule has 218 valence electrons. The number of aromatic nitrogens is 2. The first-order valence-corrected chi connectivity index (χ1v) is 13.8. The zero-order chi connectivity index (χ0) is 30.7. The fourth-order valence-electron chi connectivity index (χ4n) is 4.23. The molecule has 44 heavy (non-hydrogen) atoms. The summed E-state index contributed by atoms with van der Waals surface area (Å²) in [5.41, 5.74) is 3.80. The van der Waals surface area contributed by atoms with Gasteiger partial charge in [-0.05, 0) is 97.1 Å². The molecule has 0 aliphatic rings. The van der Waals surface area contributed by atoms with Gasteiger partial charge in [0.15, 0.2) is 0 Å². The summed E-state index contributed by atoms with van der Waals surface area (Å²) in [7, 11) is 3.39. The Hall–Kier alpha value is -6.16. The summed E-state index contributed by atoms with van der Waals surface area (Å²) in [5.74, 6) is 2.11. The van der Waals surface area contributed by atoms with E-state index in [0.717, 1.165) is 11.1 Å². The molecule has 4 N–H and O–H groups in total. The summed E-state index contributed by atoms with van der Waals surface area (Å²) < 4.78 is 0. The van der Waals surface area contributed by atoms with E-state index in [1.165, 1.54) is 0 Å². The third kappa shape index (κ3) is 7.56. The van der Waals surface area contributed by atoms with E-state index >= 15 is 0 Å². The normalized spacial score (nSPS) is 11.4. The van der Waals surface area contributed by atoms with E-state index in [-0.39, 0.29) is 11.8 Å². The Morgan fingerprint density at radius 2 is 0.841 bits per heavy atom.